The molecule has 4 aromatic rings. The summed E-state index contributed by atoms with van der Waals surface area (Å²) < 4.78 is 25.9. The molecule has 168 valence electrons. The highest BCUT2D eigenvalue weighted by molar-refractivity contribution is 9.10. The van der Waals surface area contributed by atoms with E-state index >= 15 is 0 Å². The van der Waals surface area contributed by atoms with Crippen LogP contribution in [0.25, 0.3) is 32.6 Å². The second kappa shape index (κ2) is 6.63. The molecule has 1 saturated heterocycles. The van der Waals surface area contributed by atoms with Gasteiger partial charge in [-0.25, -0.2) is 4.79 Å². The van der Waals surface area contributed by atoms with Crippen molar-refractivity contribution in [1.82, 2.24) is 4.57 Å². The summed E-state index contributed by atoms with van der Waals surface area (Å²) in [5.41, 5.74) is 0.990. The molecule has 0 saturated carbocycles. The number of ether oxygens (including phenoxy) is 4. The molecule has 0 aliphatic carbocycles. The molecular formula is C25H20BrNO6. The number of aromatic nitrogens is 1. The van der Waals surface area contributed by atoms with Crippen LogP contribution >= 0.6 is 15.9 Å². The van der Waals surface area contributed by atoms with Crippen molar-refractivity contribution in [3.8, 4) is 11.5 Å². The van der Waals surface area contributed by atoms with E-state index in [1.165, 1.54) is 7.11 Å². The lowest BCUT2D eigenvalue weighted by molar-refractivity contribution is -0.0499. The van der Waals surface area contributed by atoms with Gasteiger partial charge in [-0.2, -0.15) is 0 Å². The smallest absolute Gasteiger partial charge is 0.496 e. The van der Waals surface area contributed by atoms with E-state index in [-0.39, 0.29) is 5.43 Å². The van der Waals surface area contributed by atoms with Crippen molar-refractivity contribution in [1.29, 1.82) is 0 Å². The first-order chi connectivity index (χ1) is 15.7. The largest absolute Gasteiger partial charge is 0.509 e. The molecule has 0 radical (unpaired) electrons. The Labute approximate surface area is 196 Å². The van der Waals surface area contributed by atoms with Crippen LogP contribution in [0.4, 0.5) is 4.79 Å². The highest BCUT2D eigenvalue weighted by Gasteiger charge is 2.54. The fourth-order valence-electron chi connectivity index (χ4n) is 5.19. The molecule has 2 aliphatic rings. The summed E-state index contributed by atoms with van der Waals surface area (Å²) in [6.07, 6.45) is -2.10. The molecule has 6 rings (SSSR count). The van der Waals surface area contributed by atoms with Gasteiger partial charge in [-0.15, -0.1) is 0 Å². The Bertz CT molecular complexity index is 1590. The molecule has 0 spiro atoms. The van der Waals surface area contributed by atoms with E-state index < -0.39 is 24.0 Å². The minimum atomic E-state index is -0.818. The van der Waals surface area contributed by atoms with Gasteiger partial charge < -0.3 is 23.5 Å². The van der Waals surface area contributed by atoms with E-state index in [1.54, 1.807) is 6.07 Å². The number of carbonyl (C=O) groups is 1. The zero-order valence-electron chi connectivity index (χ0n) is 18.4. The van der Waals surface area contributed by atoms with Crippen molar-refractivity contribution in [2.24, 2.45) is 7.05 Å². The van der Waals surface area contributed by atoms with Crippen LogP contribution in [0.3, 0.4) is 0 Å². The number of pyridine rings is 1. The third kappa shape index (κ3) is 2.67. The van der Waals surface area contributed by atoms with E-state index in [0.29, 0.717) is 33.4 Å². The number of nitrogens with zero attached hydrogens (tertiary/aromatic N) is 1. The van der Waals surface area contributed by atoms with Crippen LogP contribution in [0.2, 0.25) is 0 Å². The predicted molar refractivity (Wildman–Crippen MR) is 127 cm³/mol. The lowest BCUT2D eigenvalue weighted by Crippen LogP contribution is -2.48. The molecular weight excluding hydrogens is 490 g/mol. The van der Waals surface area contributed by atoms with E-state index in [4.69, 9.17) is 18.9 Å². The maximum Gasteiger partial charge on any atom is 0.509 e. The topological polar surface area (TPSA) is 76.0 Å². The van der Waals surface area contributed by atoms with Crippen LogP contribution in [0.15, 0.2) is 45.7 Å². The molecule has 3 aromatic carbocycles. The molecule has 0 N–H and O–H groups in total. The molecule has 8 heteroatoms. The third-order valence-corrected chi connectivity index (χ3v) is 7.15. The van der Waals surface area contributed by atoms with Gasteiger partial charge in [-0.1, -0.05) is 28.1 Å². The minimum absolute atomic E-state index is 0.155. The van der Waals surface area contributed by atoms with Gasteiger partial charge in [-0.05, 0) is 42.8 Å². The summed E-state index contributed by atoms with van der Waals surface area (Å²) in [5.74, 6) is 0.905. The van der Waals surface area contributed by atoms with Crippen LogP contribution in [-0.4, -0.2) is 29.5 Å². The van der Waals surface area contributed by atoms with Crippen molar-refractivity contribution in [2.45, 2.75) is 31.7 Å². The molecule has 1 fully saturated rings. The quantitative estimate of drug-likeness (QED) is 0.195. The molecule has 3 heterocycles. The van der Waals surface area contributed by atoms with Gasteiger partial charge in [0.05, 0.1) is 34.5 Å². The Kier molecular flexibility index (Phi) is 4.09. The van der Waals surface area contributed by atoms with Crippen LogP contribution < -0.4 is 14.9 Å². The van der Waals surface area contributed by atoms with Crippen LogP contribution in [-0.2, 0) is 16.5 Å². The number of fused-ring (bicyclic) bond motifs is 8. The Hall–Kier alpha value is -3.26. The molecule has 1 aromatic heterocycles. The van der Waals surface area contributed by atoms with E-state index in [0.717, 1.165) is 20.8 Å². The number of aryl methyl sites for hydroxylation is 1. The minimum Gasteiger partial charge on any atom is -0.496 e. The molecule has 2 atom stereocenters. The third-order valence-electron chi connectivity index (χ3n) is 6.66. The number of rotatable bonds is 1. The fourth-order valence-corrected chi connectivity index (χ4v) is 5.57. The average Bonchev–Trinajstić information content (AvgIpc) is 3.17. The lowest BCUT2D eigenvalue weighted by atomic mass is 9.86. The molecule has 0 amide bonds. The van der Waals surface area contributed by atoms with Crippen LogP contribution in [0, 0.1) is 0 Å². The highest BCUT2D eigenvalue weighted by Crippen LogP contribution is 2.51. The number of hydrogen-bond acceptors (Lipinski definition) is 6. The van der Waals surface area contributed by atoms with Gasteiger partial charge in [0, 0.05) is 17.6 Å². The van der Waals surface area contributed by atoms with E-state index in [9.17, 15) is 9.59 Å². The normalized spacial score (nSPS) is 20.8. The second-order valence-electron chi connectivity index (χ2n) is 8.96. The predicted octanol–water partition coefficient (Wildman–Crippen LogP) is 5.36. The summed E-state index contributed by atoms with van der Waals surface area (Å²) in [7, 11) is 3.42. The highest BCUT2D eigenvalue weighted by atomic mass is 79.9. The second-order valence-corrected chi connectivity index (χ2v) is 9.88. The van der Waals surface area contributed by atoms with Crippen LogP contribution in [0.1, 0.15) is 25.5 Å². The monoisotopic (exact) mass is 509 g/mol. The number of halogens is 1. The number of carbonyl (C=O) groups excluding carboxylic acids is 1. The maximum atomic E-state index is 14.0. The van der Waals surface area contributed by atoms with Gasteiger partial charge in [0.2, 0.25) is 5.43 Å². The number of hydrogen-bond donors (Lipinski definition) is 0. The molecule has 33 heavy (non-hydrogen) atoms. The van der Waals surface area contributed by atoms with Gasteiger partial charge in [-0.3, -0.25) is 4.79 Å². The Balaban J connectivity index is 1.82. The van der Waals surface area contributed by atoms with E-state index in [1.807, 2.05) is 55.8 Å². The standard InChI is InChI=1S/C25H20BrNO6/c1-25(2)23-22(31-24(29)32-23)19-16(33-25)10-15(30-4)18-20(19)27(3)14-8-5-11-9-12(26)6-7-13(11)17(14)21(18)28/h5-10,22-23H,1-4H3/t22-,23?/m1/s1. The average molecular weight is 510 g/mol. The van der Waals surface area contributed by atoms with Crippen LogP contribution in [0.5, 0.6) is 11.5 Å². The SMILES string of the molecule is COc1cc2c(c3c1c(=O)c1c4ccc(Br)cc4ccc1n3C)[C@H]1OC(=O)OC1C(C)(C)O2. The van der Waals surface area contributed by atoms with Gasteiger partial charge in [0.15, 0.2) is 12.2 Å². The summed E-state index contributed by atoms with van der Waals surface area (Å²) >= 11 is 3.50. The molecule has 1 unspecified atom stereocenters. The lowest BCUT2D eigenvalue weighted by Gasteiger charge is -2.39. The summed E-state index contributed by atoms with van der Waals surface area (Å²) in [4.78, 5) is 26.1. The zero-order valence-corrected chi connectivity index (χ0v) is 20.0. The summed E-state index contributed by atoms with van der Waals surface area (Å²) in [5, 5.41) is 2.81. The maximum absolute atomic E-state index is 14.0. The first kappa shape index (κ1) is 20.4. The van der Waals surface area contributed by atoms with Gasteiger partial charge in [0.25, 0.3) is 0 Å². The van der Waals surface area contributed by atoms with Crippen molar-refractivity contribution in [2.75, 3.05) is 7.11 Å². The number of methoxy groups -OCH3 is 1. The number of benzene rings is 3. The summed E-state index contributed by atoms with van der Waals surface area (Å²) in [6, 6.07) is 11.5. The molecule has 0 bridgehead atoms. The van der Waals surface area contributed by atoms with Crippen molar-refractivity contribution in [3.63, 3.8) is 0 Å². The van der Waals surface area contributed by atoms with Gasteiger partial charge >= 0.3 is 6.16 Å². The fraction of sp³-hybridized carbons (Fsp3) is 0.280. The summed E-state index contributed by atoms with van der Waals surface area (Å²) in [6.45, 7) is 3.69. The van der Waals surface area contributed by atoms with Crippen molar-refractivity contribution < 1.29 is 23.7 Å². The molecule has 2 aliphatic heterocycles. The van der Waals surface area contributed by atoms with Gasteiger partial charge in [0.1, 0.15) is 17.1 Å². The zero-order chi connectivity index (χ0) is 23.2. The van der Waals surface area contributed by atoms with E-state index in [2.05, 4.69) is 15.9 Å². The Morgan fingerprint density at radius 1 is 1.06 bits per heavy atom. The molecule has 7 nitrogen and oxygen atoms in total. The first-order valence-corrected chi connectivity index (χ1v) is 11.3. The Morgan fingerprint density at radius 3 is 2.61 bits per heavy atom. The van der Waals surface area contributed by atoms with Crippen molar-refractivity contribution in [3.05, 3.63) is 56.7 Å². The van der Waals surface area contributed by atoms with Crippen molar-refractivity contribution >= 4 is 54.7 Å². The Morgan fingerprint density at radius 2 is 1.85 bits per heavy atom. The first-order valence-electron chi connectivity index (χ1n) is 10.5.